The lowest BCUT2D eigenvalue weighted by Gasteiger charge is -2.13. The zero-order valence-electron chi connectivity index (χ0n) is 22.3. The number of fused-ring (bicyclic) bond motifs is 1. The van der Waals surface area contributed by atoms with Gasteiger partial charge in [-0.3, -0.25) is 34.2 Å². The van der Waals surface area contributed by atoms with Crippen molar-refractivity contribution < 1.29 is 33.6 Å². The van der Waals surface area contributed by atoms with E-state index in [0.717, 1.165) is 4.90 Å². The molecule has 0 fully saturated rings. The summed E-state index contributed by atoms with van der Waals surface area (Å²) in [5.74, 6) is -1.88. The van der Waals surface area contributed by atoms with Gasteiger partial charge in [-0.25, -0.2) is 0 Å². The lowest BCUT2D eigenvalue weighted by molar-refractivity contribution is -0.385. The van der Waals surface area contributed by atoms with E-state index >= 15 is 0 Å². The van der Waals surface area contributed by atoms with Crippen molar-refractivity contribution in [2.45, 2.75) is 45.6 Å². The standard InChI is InChI=1S/C28H28N4O8/c1-17(2)30-26(34)19(16-29)14-18-11-12-22(23(15-18)39-3)40-24(33)10-5-4-6-13-31-27(35)20-8-7-9-21(32(37)38)25(20)28(31)36/h7-9,11-12,14-15,17H,4-6,10,13H2,1-3H3,(H,30,34)/b19-14+. The second-order valence-electron chi connectivity index (χ2n) is 9.21. The van der Waals surface area contributed by atoms with E-state index in [9.17, 15) is 34.6 Å². The number of rotatable bonds is 12. The molecule has 0 saturated carbocycles. The van der Waals surface area contributed by atoms with Gasteiger partial charge in [0.1, 0.15) is 17.2 Å². The van der Waals surface area contributed by atoms with Crippen molar-refractivity contribution in [3.8, 4) is 17.6 Å². The van der Waals surface area contributed by atoms with Crippen LogP contribution in [0.25, 0.3) is 6.08 Å². The van der Waals surface area contributed by atoms with Crippen LogP contribution in [-0.2, 0) is 9.59 Å². The minimum Gasteiger partial charge on any atom is -0.493 e. The molecule has 1 aliphatic rings. The Labute approximate surface area is 230 Å². The topological polar surface area (TPSA) is 169 Å². The first-order valence-corrected chi connectivity index (χ1v) is 12.5. The van der Waals surface area contributed by atoms with Gasteiger partial charge in [-0.05, 0) is 56.5 Å². The van der Waals surface area contributed by atoms with E-state index in [1.54, 1.807) is 19.9 Å². The molecule has 0 bridgehead atoms. The Hall–Kier alpha value is -5.05. The fourth-order valence-electron chi connectivity index (χ4n) is 4.07. The summed E-state index contributed by atoms with van der Waals surface area (Å²) in [5.41, 5.74) is -0.159. The summed E-state index contributed by atoms with van der Waals surface area (Å²) in [4.78, 5) is 61.2. The highest BCUT2D eigenvalue weighted by Gasteiger charge is 2.40. The van der Waals surface area contributed by atoms with Crippen LogP contribution in [0.3, 0.4) is 0 Å². The average molecular weight is 549 g/mol. The molecule has 12 nitrogen and oxygen atoms in total. The number of ether oxygens (including phenoxy) is 2. The molecule has 0 atom stereocenters. The van der Waals surface area contributed by atoms with Crippen molar-refractivity contribution >= 4 is 35.5 Å². The summed E-state index contributed by atoms with van der Waals surface area (Å²) >= 11 is 0. The molecule has 1 heterocycles. The highest BCUT2D eigenvalue weighted by atomic mass is 16.6. The summed E-state index contributed by atoms with van der Waals surface area (Å²) in [5, 5.41) is 23.2. The van der Waals surface area contributed by atoms with Gasteiger partial charge in [0.05, 0.1) is 17.6 Å². The molecule has 3 rings (SSSR count). The molecule has 40 heavy (non-hydrogen) atoms. The third-order valence-electron chi connectivity index (χ3n) is 5.94. The van der Waals surface area contributed by atoms with Gasteiger partial charge in [-0.15, -0.1) is 0 Å². The largest absolute Gasteiger partial charge is 0.493 e. The molecule has 0 saturated heterocycles. The minimum atomic E-state index is -0.695. The Bertz CT molecular complexity index is 1420. The monoisotopic (exact) mass is 548 g/mol. The summed E-state index contributed by atoms with van der Waals surface area (Å²) in [6.07, 6.45) is 2.79. The average Bonchev–Trinajstić information content (AvgIpc) is 3.16. The number of nitriles is 1. The number of imide groups is 1. The number of carbonyl (C=O) groups is 4. The van der Waals surface area contributed by atoms with Crippen LogP contribution in [0.2, 0.25) is 0 Å². The van der Waals surface area contributed by atoms with E-state index in [0.29, 0.717) is 24.8 Å². The van der Waals surface area contributed by atoms with Crippen LogP contribution >= 0.6 is 0 Å². The molecule has 0 radical (unpaired) electrons. The predicted octanol–water partition coefficient (Wildman–Crippen LogP) is 3.80. The zero-order valence-corrected chi connectivity index (χ0v) is 22.3. The highest BCUT2D eigenvalue weighted by Crippen LogP contribution is 2.31. The van der Waals surface area contributed by atoms with Crippen molar-refractivity contribution in [2.24, 2.45) is 0 Å². The van der Waals surface area contributed by atoms with Crippen molar-refractivity contribution in [3.63, 3.8) is 0 Å². The number of hydrogen-bond donors (Lipinski definition) is 1. The van der Waals surface area contributed by atoms with Crippen molar-refractivity contribution in [3.05, 3.63) is 68.8 Å². The van der Waals surface area contributed by atoms with Gasteiger partial charge in [0.2, 0.25) is 0 Å². The first-order valence-electron chi connectivity index (χ1n) is 12.5. The second kappa shape index (κ2) is 13.1. The van der Waals surface area contributed by atoms with Crippen LogP contribution in [-0.4, -0.2) is 53.2 Å². The third-order valence-corrected chi connectivity index (χ3v) is 5.94. The molecular weight excluding hydrogens is 520 g/mol. The van der Waals surface area contributed by atoms with Crippen LogP contribution in [0, 0.1) is 21.4 Å². The molecule has 208 valence electrons. The Morgan fingerprint density at radius 1 is 1.12 bits per heavy atom. The fraction of sp³-hybridized carbons (Fsp3) is 0.321. The molecule has 3 amide bonds. The quantitative estimate of drug-likeness (QED) is 0.0606. The number of unbranched alkanes of at least 4 members (excludes halogenated alkanes) is 2. The predicted molar refractivity (Wildman–Crippen MR) is 142 cm³/mol. The summed E-state index contributed by atoms with van der Waals surface area (Å²) in [6.45, 7) is 3.63. The molecule has 0 aliphatic carbocycles. The number of methoxy groups -OCH3 is 1. The van der Waals surface area contributed by atoms with Gasteiger partial charge in [0, 0.05) is 25.1 Å². The van der Waals surface area contributed by atoms with E-state index in [1.165, 1.54) is 43.5 Å². The Morgan fingerprint density at radius 2 is 1.88 bits per heavy atom. The fourth-order valence-corrected chi connectivity index (χ4v) is 4.07. The van der Waals surface area contributed by atoms with Crippen molar-refractivity contribution in [1.82, 2.24) is 10.2 Å². The van der Waals surface area contributed by atoms with E-state index in [-0.39, 0.29) is 47.2 Å². The summed E-state index contributed by atoms with van der Waals surface area (Å²) < 4.78 is 10.7. The van der Waals surface area contributed by atoms with E-state index in [1.807, 2.05) is 6.07 Å². The van der Waals surface area contributed by atoms with Crippen LogP contribution in [0.1, 0.15) is 65.8 Å². The molecule has 2 aromatic carbocycles. The molecular formula is C28H28N4O8. The zero-order chi connectivity index (χ0) is 29.4. The second-order valence-corrected chi connectivity index (χ2v) is 9.21. The molecule has 0 spiro atoms. The Morgan fingerprint density at radius 3 is 2.52 bits per heavy atom. The molecule has 0 aromatic heterocycles. The number of nitro benzene ring substituents is 1. The lowest BCUT2D eigenvalue weighted by Crippen LogP contribution is -2.30. The molecule has 1 aliphatic heterocycles. The minimum absolute atomic E-state index is 0.0147. The van der Waals surface area contributed by atoms with Gasteiger partial charge < -0.3 is 14.8 Å². The van der Waals surface area contributed by atoms with E-state index in [4.69, 9.17) is 9.47 Å². The first-order chi connectivity index (χ1) is 19.1. The van der Waals surface area contributed by atoms with Gasteiger partial charge in [-0.1, -0.05) is 18.6 Å². The van der Waals surface area contributed by atoms with Gasteiger partial charge in [0.25, 0.3) is 23.4 Å². The third kappa shape index (κ3) is 6.87. The first kappa shape index (κ1) is 29.5. The van der Waals surface area contributed by atoms with Gasteiger partial charge in [-0.2, -0.15) is 5.26 Å². The summed E-state index contributed by atoms with van der Waals surface area (Å²) in [7, 11) is 1.39. The van der Waals surface area contributed by atoms with Gasteiger partial charge >= 0.3 is 5.97 Å². The number of amides is 3. The molecule has 1 N–H and O–H groups in total. The number of esters is 1. The lowest BCUT2D eigenvalue weighted by atomic mass is 10.1. The highest BCUT2D eigenvalue weighted by molar-refractivity contribution is 6.23. The van der Waals surface area contributed by atoms with Crippen molar-refractivity contribution in [1.29, 1.82) is 5.26 Å². The maximum atomic E-state index is 12.6. The molecule has 12 heteroatoms. The smallest absolute Gasteiger partial charge is 0.311 e. The van der Waals surface area contributed by atoms with Gasteiger partial charge in [0.15, 0.2) is 11.5 Å². The summed E-state index contributed by atoms with van der Waals surface area (Å²) in [6, 6.07) is 10.3. The van der Waals surface area contributed by atoms with E-state index in [2.05, 4.69) is 5.32 Å². The van der Waals surface area contributed by atoms with Crippen LogP contribution in [0.15, 0.2) is 42.0 Å². The normalized spacial score (nSPS) is 12.7. The Kier molecular flexibility index (Phi) is 9.70. The van der Waals surface area contributed by atoms with Crippen LogP contribution < -0.4 is 14.8 Å². The molecule has 2 aromatic rings. The molecule has 0 unspecified atom stereocenters. The number of nitrogens with zero attached hydrogens (tertiary/aromatic N) is 3. The number of carbonyl (C=O) groups excluding carboxylic acids is 4. The number of nitro groups is 1. The Balaban J connectivity index is 1.51. The number of benzene rings is 2. The number of hydrogen-bond acceptors (Lipinski definition) is 9. The maximum Gasteiger partial charge on any atom is 0.311 e. The van der Waals surface area contributed by atoms with Crippen LogP contribution in [0.4, 0.5) is 5.69 Å². The van der Waals surface area contributed by atoms with Crippen molar-refractivity contribution in [2.75, 3.05) is 13.7 Å². The van der Waals surface area contributed by atoms with E-state index < -0.39 is 34.3 Å². The maximum absolute atomic E-state index is 12.6. The van der Waals surface area contributed by atoms with Crippen LogP contribution in [0.5, 0.6) is 11.5 Å². The number of nitrogens with one attached hydrogen (secondary N) is 1. The SMILES string of the molecule is COc1cc(/C=C(\C#N)C(=O)NC(C)C)ccc1OC(=O)CCCCCN1C(=O)c2cccc([N+](=O)[O-])c2C1=O.